The lowest BCUT2D eigenvalue weighted by atomic mass is 10.1. The van der Waals surface area contributed by atoms with Crippen LogP contribution in [0.5, 0.6) is 0 Å². The van der Waals surface area contributed by atoms with Crippen molar-refractivity contribution in [3.8, 4) is 0 Å². The van der Waals surface area contributed by atoms with Gasteiger partial charge in [0.2, 0.25) is 0 Å². The van der Waals surface area contributed by atoms with E-state index >= 15 is 0 Å². The number of nitrogens with two attached hydrogens (primary N) is 1. The van der Waals surface area contributed by atoms with Gasteiger partial charge in [0.15, 0.2) is 0 Å². The van der Waals surface area contributed by atoms with Crippen LogP contribution in [0, 0.1) is 0 Å². The SMILES string of the molecule is CCC(C)c1cnc(C(N)CCOC)[nH]1. The van der Waals surface area contributed by atoms with Crippen LogP contribution in [0.25, 0.3) is 0 Å². The summed E-state index contributed by atoms with van der Waals surface area (Å²) in [6.07, 6.45) is 3.79. The van der Waals surface area contributed by atoms with E-state index in [9.17, 15) is 0 Å². The first-order valence-electron chi connectivity index (χ1n) is 5.48. The van der Waals surface area contributed by atoms with Crippen molar-refractivity contribution >= 4 is 0 Å². The molecule has 0 aliphatic heterocycles. The maximum atomic E-state index is 5.96. The number of H-pyrrole nitrogens is 1. The van der Waals surface area contributed by atoms with Gasteiger partial charge in [0.1, 0.15) is 5.82 Å². The Kier molecular flexibility index (Phi) is 4.78. The molecule has 4 nitrogen and oxygen atoms in total. The molecule has 0 spiro atoms. The molecule has 1 heterocycles. The molecule has 3 N–H and O–H groups in total. The van der Waals surface area contributed by atoms with E-state index in [1.54, 1.807) is 7.11 Å². The Bertz CT molecular complexity index is 285. The van der Waals surface area contributed by atoms with E-state index in [1.165, 1.54) is 5.69 Å². The number of nitrogens with one attached hydrogen (secondary N) is 1. The topological polar surface area (TPSA) is 63.9 Å². The Hall–Kier alpha value is -0.870. The van der Waals surface area contributed by atoms with Crippen molar-refractivity contribution in [2.24, 2.45) is 5.73 Å². The fourth-order valence-electron chi connectivity index (χ4n) is 1.39. The molecule has 2 atom stereocenters. The van der Waals surface area contributed by atoms with Crippen molar-refractivity contribution in [1.82, 2.24) is 9.97 Å². The molecule has 0 saturated heterocycles. The van der Waals surface area contributed by atoms with E-state index in [-0.39, 0.29) is 6.04 Å². The zero-order chi connectivity index (χ0) is 11.3. The summed E-state index contributed by atoms with van der Waals surface area (Å²) in [5.41, 5.74) is 7.13. The largest absolute Gasteiger partial charge is 0.385 e. The van der Waals surface area contributed by atoms with Gasteiger partial charge in [-0.3, -0.25) is 0 Å². The smallest absolute Gasteiger partial charge is 0.123 e. The van der Waals surface area contributed by atoms with Gasteiger partial charge >= 0.3 is 0 Å². The highest BCUT2D eigenvalue weighted by Crippen LogP contribution is 2.18. The van der Waals surface area contributed by atoms with Crippen LogP contribution in [0.2, 0.25) is 0 Å². The molecule has 0 aliphatic carbocycles. The summed E-state index contributed by atoms with van der Waals surface area (Å²) in [4.78, 5) is 7.58. The molecule has 2 unspecified atom stereocenters. The van der Waals surface area contributed by atoms with Crippen LogP contribution in [-0.2, 0) is 4.74 Å². The second-order valence-electron chi connectivity index (χ2n) is 3.92. The van der Waals surface area contributed by atoms with Crippen LogP contribution in [0.3, 0.4) is 0 Å². The molecular formula is C11H21N3O. The molecule has 15 heavy (non-hydrogen) atoms. The maximum absolute atomic E-state index is 5.96. The summed E-state index contributed by atoms with van der Waals surface area (Å²) in [7, 11) is 1.68. The number of imidazole rings is 1. The number of methoxy groups -OCH3 is 1. The van der Waals surface area contributed by atoms with Crippen LogP contribution in [0.1, 0.15) is 50.2 Å². The van der Waals surface area contributed by atoms with Gasteiger partial charge in [0.25, 0.3) is 0 Å². The molecule has 1 aromatic rings. The van der Waals surface area contributed by atoms with Gasteiger partial charge in [0.05, 0.1) is 6.04 Å². The minimum atomic E-state index is -0.0530. The fraction of sp³-hybridized carbons (Fsp3) is 0.727. The first kappa shape index (κ1) is 12.2. The molecule has 0 amide bonds. The fourth-order valence-corrected chi connectivity index (χ4v) is 1.39. The molecule has 0 saturated carbocycles. The van der Waals surface area contributed by atoms with Gasteiger partial charge in [-0.05, 0) is 18.8 Å². The van der Waals surface area contributed by atoms with E-state index in [4.69, 9.17) is 10.5 Å². The third kappa shape index (κ3) is 3.32. The minimum absolute atomic E-state index is 0.0530. The summed E-state index contributed by atoms with van der Waals surface area (Å²) in [6.45, 7) is 5.01. The zero-order valence-corrected chi connectivity index (χ0v) is 9.79. The Morgan fingerprint density at radius 3 is 2.93 bits per heavy atom. The van der Waals surface area contributed by atoms with Crippen LogP contribution in [-0.4, -0.2) is 23.7 Å². The van der Waals surface area contributed by atoms with E-state index in [0.717, 1.165) is 18.7 Å². The number of nitrogens with zero attached hydrogens (tertiary/aromatic N) is 1. The first-order chi connectivity index (χ1) is 7.19. The van der Waals surface area contributed by atoms with E-state index in [0.29, 0.717) is 12.5 Å². The third-order valence-electron chi connectivity index (χ3n) is 2.74. The number of ether oxygens (including phenoxy) is 1. The van der Waals surface area contributed by atoms with E-state index < -0.39 is 0 Å². The van der Waals surface area contributed by atoms with E-state index in [1.807, 2.05) is 6.20 Å². The van der Waals surface area contributed by atoms with Crippen LogP contribution < -0.4 is 5.73 Å². The van der Waals surface area contributed by atoms with Crippen molar-refractivity contribution in [3.05, 3.63) is 17.7 Å². The summed E-state index contributed by atoms with van der Waals surface area (Å²) >= 11 is 0. The van der Waals surface area contributed by atoms with Gasteiger partial charge in [0, 0.05) is 25.6 Å². The molecule has 0 fully saturated rings. The predicted molar refractivity (Wildman–Crippen MR) is 60.7 cm³/mol. The number of hydrogen-bond donors (Lipinski definition) is 2. The third-order valence-corrected chi connectivity index (χ3v) is 2.74. The Balaban J connectivity index is 2.58. The number of hydrogen-bond acceptors (Lipinski definition) is 3. The zero-order valence-electron chi connectivity index (χ0n) is 9.79. The molecule has 86 valence electrons. The van der Waals surface area contributed by atoms with Gasteiger partial charge in [-0.25, -0.2) is 4.98 Å². The van der Waals surface area contributed by atoms with Crippen LogP contribution >= 0.6 is 0 Å². The maximum Gasteiger partial charge on any atom is 0.123 e. The van der Waals surface area contributed by atoms with Gasteiger partial charge in [-0.1, -0.05) is 13.8 Å². The molecule has 0 bridgehead atoms. The normalized spacial score (nSPS) is 15.2. The lowest BCUT2D eigenvalue weighted by molar-refractivity contribution is 0.187. The molecular weight excluding hydrogens is 190 g/mol. The van der Waals surface area contributed by atoms with Gasteiger partial charge in [-0.15, -0.1) is 0 Å². The molecule has 0 aromatic carbocycles. The van der Waals surface area contributed by atoms with E-state index in [2.05, 4.69) is 23.8 Å². The van der Waals surface area contributed by atoms with Crippen molar-refractivity contribution in [2.75, 3.05) is 13.7 Å². The second kappa shape index (κ2) is 5.88. The standard InChI is InChI=1S/C11H21N3O/c1-4-8(2)10-7-13-11(14-10)9(12)5-6-15-3/h7-9H,4-6,12H2,1-3H3,(H,13,14). The number of rotatable bonds is 6. The molecule has 0 aliphatic rings. The first-order valence-corrected chi connectivity index (χ1v) is 5.48. The molecule has 4 heteroatoms. The van der Waals surface area contributed by atoms with Crippen LogP contribution in [0.15, 0.2) is 6.20 Å². The van der Waals surface area contributed by atoms with Crippen LogP contribution in [0.4, 0.5) is 0 Å². The monoisotopic (exact) mass is 211 g/mol. The Labute approximate surface area is 91.2 Å². The second-order valence-corrected chi connectivity index (χ2v) is 3.92. The van der Waals surface area contributed by atoms with Crippen molar-refractivity contribution in [1.29, 1.82) is 0 Å². The van der Waals surface area contributed by atoms with Crippen molar-refractivity contribution in [2.45, 2.75) is 38.6 Å². The highest BCUT2D eigenvalue weighted by atomic mass is 16.5. The summed E-state index contributed by atoms with van der Waals surface area (Å²) in [5.74, 6) is 1.38. The van der Waals surface area contributed by atoms with Crippen molar-refractivity contribution in [3.63, 3.8) is 0 Å². The molecule has 1 rings (SSSR count). The molecule has 1 aromatic heterocycles. The lowest BCUT2D eigenvalue weighted by Gasteiger charge is -2.08. The predicted octanol–water partition coefficient (Wildman–Crippen LogP) is 1.96. The highest BCUT2D eigenvalue weighted by molar-refractivity contribution is 5.08. The number of aromatic nitrogens is 2. The average Bonchev–Trinajstić information content (AvgIpc) is 2.74. The summed E-state index contributed by atoms with van der Waals surface area (Å²) < 4.78 is 4.99. The Morgan fingerprint density at radius 2 is 2.33 bits per heavy atom. The highest BCUT2D eigenvalue weighted by Gasteiger charge is 2.12. The number of aromatic amines is 1. The summed E-state index contributed by atoms with van der Waals surface area (Å²) in [5, 5.41) is 0. The van der Waals surface area contributed by atoms with Crippen molar-refractivity contribution < 1.29 is 4.74 Å². The Morgan fingerprint density at radius 1 is 1.60 bits per heavy atom. The van der Waals surface area contributed by atoms with Gasteiger partial charge in [-0.2, -0.15) is 0 Å². The average molecular weight is 211 g/mol. The minimum Gasteiger partial charge on any atom is -0.385 e. The quantitative estimate of drug-likeness (QED) is 0.756. The lowest BCUT2D eigenvalue weighted by Crippen LogP contribution is -2.14. The molecule has 0 radical (unpaired) electrons. The summed E-state index contributed by atoms with van der Waals surface area (Å²) in [6, 6.07) is -0.0530. The van der Waals surface area contributed by atoms with Gasteiger partial charge < -0.3 is 15.5 Å².